The van der Waals surface area contributed by atoms with Crippen molar-refractivity contribution < 1.29 is 9.53 Å². The second-order valence-electron chi connectivity index (χ2n) is 6.51. The van der Waals surface area contributed by atoms with E-state index in [2.05, 4.69) is 36.6 Å². The number of aryl methyl sites for hydroxylation is 2. The van der Waals surface area contributed by atoms with Crippen LogP contribution in [0.3, 0.4) is 0 Å². The van der Waals surface area contributed by atoms with Gasteiger partial charge in [0.1, 0.15) is 5.75 Å². The first-order valence-electron chi connectivity index (χ1n) is 8.80. The zero-order valence-electron chi connectivity index (χ0n) is 15.8. The molecule has 5 heteroatoms. The van der Waals surface area contributed by atoms with Gasteiger partial charge >= 0.3 is 0 Å². The normalized spacial score (nSPS) is 11.5. The summed E-state index contributed by atoms with van der Waals surface area (Å²) in [7, 11) is 0. The van der Waals surface area contributed by atoms with E-state index in [0.29, 0.717) is 11.7 Å². The van der Waals surface area contributed by atoms with Crippen molar-refractivity contribution in [1.82, 2.24) is 5.32 Å². The molecular formula is C21H26N2O2S. The van der Waals surface area contributed by atoms with E-state index in [-0.39, 0.29) is 17.6 Å². The van der Waals surface area contributed by atoms with Crippen LogP contribution in [0.25, 0.3) is 0 Å². The number of benzene rings is 2. The van der Waals surface area contributed by atoms with Crippen molar-refractivity contribution in [2.75, 3.05) is 11.9 Å². The maximum atomic E-state index is 12.1. The third kappa shape index (κ3) is 5.85. The minimum Gasteiger partial charge on any atom is -0.484 e. The molecule has 2 rings (SSSR count). The molecule has 0 heterocycles. The van der Waals surface area contributed by atoms with E-state index in [4.69, 9.17) is 17.0 Å². The van der Waals surface area contributed by atoms with Crippen molar-refractivity contribution in [3.05, 3.63) is 59.2 Å². The lowest BCUT2D eigenvalue weighted by Crippen LogP contribution is -2.37. The van der Waals surface area contributed by atoms with E-state index < -0.39 is 0 Å². The SMILES string of the molecule is CC[C@@H](C)c1ccccc1NC(=S)NC(=O)COc1cc(C)cc(C)c1. The van der Waals surface area contributed by atoms with Gasteiger partial charge in [-0.2, -0.15) is 0 Å². The van der Waals surface area contributed by atoms with Gasteiger partial charge < -0.3 is 10.1 Å². The highest BCUT2D eigenvalue weighted by Crippen LogP contribution is 2.26. The first kappa shape index (κ1) is 19.9. The van der Waals surface area contributed by atoms with Crippen LogP contribution in [-0.4, -0.2) is 17.6 Å². The lowest BCUT2D eigenvalue weighted by atomic mass is 9.97. The average molecular weight is 371 g/mol. The topological polar surface area (TPSA) is 50.4 Å². The van der Waals surface area contributed by atoms with Gasteiger partial charge in [-0.15, -0.1) is 0 Å². The van der Waals surface area contributed by atoms with Crippen LogP contribution < -0.4 is 15.4 Å². The number of hydrogen-bond donors (Lipinski definition) is 2. The highest BCUT2D eigenvalue weighted by atomic mass is 32.1. The summed E-state index contributed by atoms with van der Waals surface area (Å²) in [5.74, 6) is 0.798. The standard InChI is InChI=1S/C21H26N2O2S/c1-5-16(4)18-8-6-7-9-19(18)22-21(26)23-20(24)13-25-17-11-14(2)10-15(3)12-17/h6-12,16H,5,13H2,1-4H3,(H2,22,23,24,26)/t16-/m1/s1. The first-order valence-corrected chi connectivity index (χ1v) is 9.20. The summed E-state index contributed by atoms with van der Waals surface area (Å²) < 4.78 is 5.56. The fourth-order valence-corrected chi connectivity index (χ4v) is 2.97. The third-order valence-electron chi connectivity index (χ3n) is 4.17. The molecule has 0 spiro atoms. The molecule has 1 atom stereocenters. The number of para-hydroxylation sites is 1. The van der Waals surface area contributed by atoms with Gasteiger partial charge in [-0.1, -0.05) is 38.1 Å². The monoisotopic (exact) mass is 370 g/mol. The Labute approximate surface area is 161 Å². The van der Waals surface area contributed by atoms with Gasteiger partial charge in [0.2, 0.25) is 0 Å². The number of thiocarbonyl (C=S) groups is 1. The molecule has 138 valence electrons. The van der Waals surface area contributed by atoms with Gasteiger partial charge in [-0.05, 0) is 73.3 Å². The highest BCUT2D eigenvalue weighted by molar-refractivity contribution is 7.80. The molecule has 0 aliphatic heterocycles. The van der Waals surface area contributed by atoms with Crippen LogP contribution in [0, 0.1) is 13.8 Å². The largest absolute Gasteiger partial charge is 0.484 e. The number of carbonyl (C=O) groups excluding carboxylic acids is 1. The van der Waals surface area contributed by atoms with Crippen molar-refractivity contribution in [3.63, 3.8) is 0 Å². The lowest BCUT2D eigenvalue weighted by molar-refractivity contribution is -0.121. The number of carbonyl (C=O) groups is 1. The van der Waals surface area contributed by atoms with E-state index in [1.807, 2.05) is 44.2 Å². The summed E-state index contributed by atoms with van der Waals surface area (Å²) >= 11 is 5.27. The van der Waals surface area contributed by atoms with Crippen LogP contribution in [0.5, 0.6) is 5.75 Å². The number of hydrogen-bond acceptors (Lipinski definition) is 3. The molecule has 0 bridgehead atoms. The van der Waals surface area contributed by atoms with Crippen molar-refractivity contribution >= 4 is 28.9 Å². The summed E-state index contributed by atoms with van der Waals surface area (Å²) in [5, 5.41) is 6.06. The molecule has 0 radical (unpaired) electrons. The van der Waals surface area contributed by atoms with Crippen molar-refractivity contribution in [3.8, 4) is 5.75 Å². The molecule has 0 unspecified atom stereocenters. The number of nitrogens with one attached hydrogen (secondary N) is 2. The second kappa shape index (κ2) is 9.34. The Balaban J connectivity index is 1.90. The van der Waals surface area contributed by atoms with Crippen LogP contribution >= 0.6 is 12.2 Å². The Morgan fingerprint density at radius 2 is 1.81 bits per heavy atom. The van der Waals surface area contributed by atoms with E-state index in [0.717, 1.165) is 23.2 Å². The summed E-state index contributed by atoms with van der Waals surface area (Å²) in [6.45, 7) is 8.21. The fraction of sp³-hybridized carbons (Fsp3) is 0.333. The number of ether oxygens (including phenoxy) is 1. The summed E-state index contributed by atoms with van der Waals surface area (Å²) in [5.41, 5.74) is 4.29. The van der Waals surface area contributed by atoms with Crippen LogP contribution in [-0.2, 0) is 4.79 Å². The molecule has 0 saturated carbocycles. The van der Waals surface area contributed by atoms with Gasteiger partial charge in [-0.25, -0.2) is 0 Å². The van der Waals surface area contributed by atoms with Crippen LogP contribution in [0.1, 0.15) is 42.9 Å². The van der Waals surface area contributed by atoms with Crippen molar-refractivity contribution in [2.24, 2.45) is 0 Å². The maximum absolute atomic E-state index is 12.1. The Bertz CT molecular complexity index is 769. The zero-order valence-corrected chi connectivity index (χ0v) is 16.6. The van der Waals surface area contributed by atoms with Gasteiger partial charge in [0.15, 0.2) is 11.7 Å². The Kier molecular flexibility index (Phi) is 7.16. The Morgan fingerprint density at radius 3 is 2.46 bits per heavy atom. The molecule has 2 aromatic rings. The van der Waals surface area contributed by atoms with E-state index in [1.54, 1.807) is 0 Å². The van der Waals surface area contributed by atoms with Gasteiger partial charge in [-0.3, -0.25) is 10.1 Å². The smallest absolute Gasteiger partial charge is 0.264 e. The summed E-state index contributed by atoms with van der Waals surface area (Å²) in [4.78, 5) is 12.1. The predicted octanol–water partition coefficient (Wildman–Crippen LogP) is 4.71. The molecule has 4 nitrogen and oxygen atoms in total. The minimum absolute atomic E-state index is 0.0856. The molecule has 0 aliphatic rings. The minimum atomic E-state index is -0.289. The first-order chi connectivity index (χ1) is 12.4. The van der Waals surface area contributed by atoms with Crippen LogP contribution in [0.4, 0.5) is 5.69 Å². The van der Waals surface area contributed by atoms with E-state index >= 15 is 0 Å². The van der Waals surface area contributed by atoms with Crippen LogP contribution in [0.2, 0.25) is 0 Å². The molecule has 26 heavy (non-hydrogen) atoms. The molecule has 0 fully saturated rings. The van der Waals surface area contributed by atoms with Crippen molar-refractivity contribution in [2.45, 2.75) is 40.0 Å². The molecule has 0 aromatic heterocycles. The highest BCUT2D eigenvalue weighted by Gasteiger charge is 2.11. The Morgan fingerprint density at radius 1 is 1.15 bits per heavy atom. The third-order valence-corrected chi connectivity index (χ3v) is 4.37. The van der Waals surface area contributed by atoms with Gasteiger partial charge in [0, 0.05) is 5.69 Å². The number of amides is 1. The summed E-state index contributed by atoms with van der Waals surface area (Å²) in [6.07, 6.45) is 1.03. The molecule has 1 amide bonds. The second-order valence-corrected chi connectivity index (χ2v) is 6.92. The number of rotatable bonds is 6. The quantitative estimate of drug-likeness (QED) is 0.723. The van der Waals surface area contributed by atoms with Crippen molar-refractivity contribution in [1.29, 1.82) is 0 Å². The van der Waals surface area contributed by atoms with Gasteiger partial charge in [0.05, 0.1) is 0 Å². The Hall–Kier alpha value is -2.40. The fourth-order valence-electron chi connectivity index (χ4n) is 2.74. The molecular weight excluding hydrogens is 344 g/mol. The van der Waals surface area contributed by atoms with Gasteiger partial charge in [0.25, 0.3) is 5.91 Å². The van der Waals surface area contributed by atoms with Crippen LogP contribution in [0.15, 0.2) is 42.5 Å². The molecule has 0 saturated heterocycles. The predicted molar refractivity (Wildman–Crippen MR) is 111 cm³/mol. The molecule has 2 aromatic carbocycles. The van der Waals surface area contributed by atoms with E-state index in [9.17, 15) is 4.79 Å². The lowest BCUT2D eigenvalue weighted by Gasteiger charge is -2.17. The zero-order chi connectivity index (χ0) is 19.1. The molecule has 2 N–H and O–H groups in total. The maximum Gasteiger partial charge on any atom is 0.264 e. The average Bonchev–Trinajstić information content (AvgIpc) is 2.59. The number of anilines is 1. The summed E-state index contributed by atoms with van der Waals surface area (Å²) in [6, 6.07) is 13.9. The van der Waals surface area contributed by atoms with E-state index in [1.165, 1.54) is 5.56 Å². The molecule has 0 aliphatic carbocycles.